The molecular formula is C22H34IN7O. The Morgan fingerprint density at radius 1 is 1.23 bits per heavy atom. The summed E-state index contributed by atoms with van der Waals surface area (Å²) >= 11 is 0. The van der Waals surface area contributed by atoms with Crippen LogP contribution in [0.1, 0.15) is 18.9 Å². The highest BCUT2D eigenvalue weighted by molar-refractivity contribution is 14.0. The van der Waals surface area contributed by atoms with Crippen molar-refractivity contribution in [1.82, 2.24) is 20.0 Å². The number of nitrogens with one attached hydrogen (secondary N) is 1. The maximum atomic E-state index is 12.7. The van der Waals surface area contributed by atoms with Gasteiger partial charge in [0.05, 0.1) is 11.9 Å². The minimum Gasteiger partial charge on any atom is -0.378 e. The molecule has 0 aliphatic carbocycles. The number of hydrogen-bond acceptors (Lipinski definition) is 4. The lowest BCUT2D eigenvalue weighted by Crippen LogP contribution is -2.55. The second-order valence-corrected chi connectivity index (χ2v) is 7.74. The molecular weight excluding hydrogens is 505 g/mol. The highest BCUT2D eigenvalue weighted by atomic mass is 127. The molecule has 1 fully saturated rings. The molecule has 1 saturated heterocycles. The van der Waals surface area contributed by atoms with Gasteiger partial charge in [-0.15, -0.1) is 24.0 Å². The van der Waals surface area contributed by atoms with Crippen LogP contribution >= 0.6 is 24.0 Å². The Hall–Kier alpha value is -2.30. The Balaban J connectivity index is 0.00000341. The molecule has 1 amide bonds. The summed E-state index contributed by atoms with van der Waals surface area (Å²) in [5.41, 5.74) is 3.38. The summed E-state index contributed by atoms with van der Waals surface area (Å²) in [7, 11) is 5.96. The molecule has 2 heterocycles. The number of benzene rings is 1. The van der Waals surface area contributed by atoms with Gasteiger partial charge in [-0.05, 0) is 37.5 Å². The van der Waals surface area contributed by atoms with Gasteiger partial charge >= 0.3 is 0 Å². The number of piperazine rings is 1. The number of carbonyl (C=O) groups excluding carboxylic acids is 1. The molecule has 8 nitrogen and oxygen atoms in total. The van der Waals surface area contributed by atoms with Crippen LogP contribution in [-0.4, -0.2) is 73.4 Å². The zero-order valence-electron chi connectivity index (χ0n) is 18.9. The summed E-state index contributed by atoms with van der Waals surface area (Å²) in [5, 5.41) is 7.50. The summed E-state index contributed by atoms with van der Waals surface area (Å²) in [6.07, 6.45) is 5.57. The number of rotatable bonds is 7. The molecule has 1 aromatic carbocycles. The van der Waals surface area contributed by atoms with Gasteiger partial charge in [0.15, 0.2) is 5.96 Å². The van der Waals surface area contributed by atoms with E-state index in [0.717, 1.165) is 44.1 Å². The minimum absolute atomic E-state index is 0. The summed E-state index contributed by atoms with van der Waals surface area (Å²) in [6, 6.07) is 8.66. The van der Waals surface area contributed by atoms with Crippen molar-refractivity contribution in [3.05, 3.63) is 42.2 Å². The first-order valence-corrected chi connectivity index (χ1v) is 10.6. The predicted molar refractivity (Wildman–Crippen MR) is 138 cm³/mol. The fraction of sp³-hybridized carbons (Fsp3) is 0.500. The lowest BCUT2D eigenvalue weighted by Gasteiger charge is -2.35. The van der Waals surface area contributed by atoms with Crippen LogP contribution in [0.25, 0.3) is 0 Å². The van der Waals surface area contributed by atoms with Crippen LogP contribution in [0.5, 0.6) is 0 Å². The normalized spacial score (nSPS) is 14.5. The van der Waals surface area contributed by atoms with Crippen LogP contribution in [-0.2, 0) is 18.3 Å². The second-order valence-electron chi connectivity index (χ2n) is 7.74. The van der Waals surface area contributed by atoms with E-state index in [1.54, 1.807) is 15.8 Å². The maximum Gasteiger partial charge on any atom is 0.246 e. The van der Waals surface area contributed by atoms with Gasteiger partial charge in [-0.1, -0.05) is 12.1 Å². The van der Waals surface area contributed by atoms with Crippen molar-refractivity contribution >= 4 is 47.2 Å². The van der Waals surface area contributed by atoms with Gasteiger partial charge in [0.25, 0.3) is 0 Å². The first-order chi connectivity index (χ1) is 14.5. The summed E-state index contributed by atoms with van der Waals surface area (Å²) < 4.78 is 1.72. The lowest BCUT2D eigenvalue weighted by molar-refractivity contribution is -0.120. The SMILES string of the molecule is CCNC(=NCCCc1ccc(N(C)C)cc1)N1CCN(c2cnn(C)c2)C(=O)C1.I. The number of carbonyl (C=O) groups is 1. The highest BCUT2D eigenvalue weighted by Crippen LogP contribution is 2.16. The fourth-order valence-electron chi connectivity index (χ4n) is 3.53. The number of halogens is 1. The van der Waals surface area contributed by atoms with Gasteiger partial charge in [0.2, 0.25) is 5.91 Å². The zero-order valence-corrected chi connectivity index (χ0v) is 21.2. The average molecular weight is 539 g/mol. The first kappa shape index (κ1) is 25.0. The quantitative estimate of drug-likeness (QED) is 0.253. The first-order valence-electron chi connectivity index (χ1n) is 10.6. The Kier molecular flexibility index (Phi) is 9.60. The van der Waals surface area contributed by atoms with E-state index in [2.05, 4.69) is 46.5 Å². The molecule has 1 N–H and O–H groups in total. The fourth-order valence-corrected chi connectivity index (χ4v) is 3.53. The van der Waals surface area contributed by atoms with Gasteiger partial charge in [-0.3, -0.25) is 14.5 Å². The van der Waals surface area contributed by atoms with Crippen LogP contribution in [0.3, 0.4) is 0 Å². The summed E-state index contributed by atoms with van der Waals surface area (Å²) in [4.78, 5) is 23.4. The predicted octanol–water partition coefficient (Wildman–Crippen LogP) is 2.35. The number of aryl methyl sites for hydroxylation is 2. The van der Waals surface area contributed by atoms with Crippen LogP contribution in [0.15, 0.2) is 41.7 Å². The summed E-state index contributed by atoms with van der Waals surface area (Å²) in [6.45, 7) is 5.27. The van der Waals surface area contributed by atoms with E-state index in [4.69, 9.17) is 4.99 Å². The van der Waals surface area contributed by atoms with Gasteiger partial charge in [0, 0.05) is 59.2 Å². The standard InChI is InChI=1S/C22H33N7O.HI/c1-5-23-22(24-12-6-7-18-8-10-19(11-9-18)26(2)3)28-13-14-29(21(30)17-28)20-15-25-27(4)16-20;/h8-11,15-16H,5-7,12-14,17H2,1-4H3,(H,23,24);1H. The third-order valence-electron chi connectivity index (χ3n) is 5.20. The largest absolute Gasteiger partial charge is 0.378 e. The molecule has 0 atom stereocenters. The van der Waals surface area contributed by atoms with Crippen molar-refractivity contribution in [1.29, 1.82) is 0 Å². The topological polar surface area (TPSA) is 69.0 Å². The van der Waals surface area contributed by atoms with E-state index >= 15 is 0 Å². The smallest absolute Gasteiger partial charge is 0.246 e. The Labute approximate surface area is 202 Å². The van der Waals surface area contributed by atoms with Crippen molar-refractivity contribution < 1.29 is 4.79 Å². The van der Waals surface area contributed by atoms with E-state index in [9.17, 15) is 4.79 Å². The molecule has 0 saturated carbocycles. The number of aromatic nitrogens is 2. The Morgan fingerprint density at radius 2 is 1.97 bits per heavy atom. The van der Waals surface area contributed by atoms with E-state index in [1.807, 2.05) is 32.2 Å². The molecule has 0 bridgehead atoms. The highest BCUT2D eigenvalue weighted by Gasteiger charge is 2.27. The molecule has 31 heavy (non-hydrogen) atoms. The van der Waals surface area contributed by atoms with Crippen molar-refractivity contribution in [3.63, 3.8) is 0 Å². The molecule has 170 valence electrons. The van der Waals surface area contributed by atoms with Crippen LogP contribution < -0.4 is 15.1 Å². The third-order valence-corrected chi connectivity index (χ3v) is 5.20. The molecule has 0 spiro atoms. The minimum atomic E-state index is 0. The van der Waals surface area contributed by atoms with Crippen LogP contribution in [0, 0.1) is 0 Å². The van der Waals surface area contributed by atoms with Crippen molar-refractivity contribution in [2.75, 3.05) is 56.6 Å². The van der Waals surface area contributed by atoms with Crippen LogP contribution in [0.2, 0.25) is 0 Å². The monoisotopic (exact) mass is 539 g/mol. The molecule has 1 aliphatic heterocycles. The Bertz CT molecular complexity index is 863. The van der Waals surface area contributed by atoms with Gasteiger partial charge < -0.3 is 20.0 Å². The van der Waals surface area contributed by atoms with Gasteiger partial charge in [-0.25, -0.2) is 0 Å². The average Bonchev–Trinajstić information content (AvgIpc) is 3.16. The molecule has 2 aromatic rings. The molecule has 3 rings (SSSR count). The third kappa shape index (κ3) is 6.84. The van der Waals surface area contributed by atoms with Gasteiger partial charge in [-0.2, -0.15) is 5.10 Å². The van der Waals surface area contributed by atoms with E-state index < -0.39 is 0 Å². The number of guanidine groups is 1. The maximum absolute atomic E-state index is 12.7. The second kappa shape index (κ2) is 11.9. The number of aliphatic imine (C=N–C) groups is 1. The molecule has 1 aromatic heterocycles. The Morgan fingerprint density at radius 3 is 2.55 bits per heavy atom. The number of hydrogen-bond donors (Lipinski definition) is 1. The zero-order chi connectivity index (χ0) is 21.5. The molecule has 9 heteroatoms. The summed E-state index contributed by atoms with van der Waals surface area (Å²) in [5.74, 6) is 0.889. The van der Waals surface area contributed by atoms with Gasteiger partial charge in [0.1, 0.15) is 6.54 Å². The lowest BCUT2D eigenvalue weighted by atomic mass is 10.1. The van der Waals surface area contributed by atoms with E-state index in [1.165, 1.54) is 11.3 Å². The van der Waals surface area contributed by atoms with Crippen molar-refractivity contribution in [2.45, 2.75) is 19.8 Å². The van der Waals surface area contributed by atoms with Crippen LogP contribution in [0.4, 0.5) is 11.4 Å². The molecule has 0 radical (unpaired) electrons. The number of nitrogens with zero attached hydrogens (tertiary/aromatic N) is 6. The number of amides is 1. The molecule has 0 unspecified atom stereocenters. The van der Waals surface area contributed by atoms with E-state index in [0.29, 0.717) is 13.1 Å². The number of anilines is 2. The van der Waals surface area contributed by atoms with Crippen molar-refractivity contribution in [3.8, 4) is 0 Å². The van der Waals surface area contributed by atoms with E-state index in [-0.39, 0.29) is 29.9 Å². The van der Waals surface area contributed by atoms with Crippen molar-refractivity contribution in [2.24, 2.45) is 12.0 Å². The molecule has 1 aliphatic rings.